The van der Waals surface area contributed by atoms with Crippen molar-refractivity contribution in [1.82, 2.24) is 9.97 Å². The van der Waals surface area contributed by atoms with Crippen LogP contribution in [0.25, 0.3) is 21.7 Å². The molecule has 0 fully saturated rings. The third kappa shape index (κ3) is 3.41. The molecule has 0 aliphatic rings. The molecule has 4 rings (SSSR count). The molecule has 0 saturated carbocycles. The average molecular weight is 360 g/mol. The van der Waals surface area contributed by atoms with Crippen LogP contribution < -0.4 is 10.5 Å². The molecule has 1 aromatic heterocycles. The lowest BCUT2D eigenvalue weighted by molar-refractivity contribution is -0.926. The number of para-hydroxylation sites is 1. The van der Waals surface area contributed by atoms with E-state index in [0.29, 0.717) is 35.6 Å². The van der Waals surface area contributed by atoms with Crippen LogP contribution in [0.1, 0.15) is 18.3 Å². The molecule has 5 heteroatoms. The van der Waals surface area contributed by atoms with Crippen molar-refractivity contribution < 1.29 is 10.0 Å². The minimum Gasteiger partial charge on any atom is -0.507 e. The number of aromatic nitrogens is 2. The van der Waals surface area contributed by atoms with Crippen molar-refractivity contribution in [3.63, 3.8) is 0 Å². The Morgan fingerprint density at radius 3 is 2.52 bits per heavy atom. The van der Waals surface area contributed by atoms with Crippen LogP contribution in [0.2, 0.25) is 0 Å². The largest absolute Gasteiger partial charge is 0.507 e. The van der Waals surface area contributed by atoms with E-state index in [0.717, 1.165) is 22.9 Å². The summed E-state index contributed by atoms with van der Waals surface area (Å²) in [7, 11) is 0. The van der Waals surface area contributed by atoms with E-state index >= 15 is 0 Å². The molecule has 5 nitrogen and oxygen atoms in total. The quantitative estimate of drug-likeness (QED) is 0.512. The Kier molecular flexibility index (Phi) is 4.60. The number of hydrogen-bond donors (Lipinski definition) is 3. The second-order valence-electron chi connectivity index (χ2n) is 6.77. The lowest BCUT2D eigenvalue weighted by Gasteiger charge is -2.19. The first-order valence-electron chi connectivity index (χ1n) is 9.17. The smallest absolute Gasteiger partial charge is 0.258 e. The van der Waals surface area contributed by atoms with Gasteiger partial charge >= 0.3 is 0 Å². The minimum atomic E-state index is -0.112. The molecule has 0 aliphatic carbocycles. The monoisotopic (exact) mass is 360 g/mol. The van der Waals surface area contributed by atoms with Crippen molar-refractivity contribution in [3.8, 4) is 5.75 Å². The molecule has 0 bridgehead atoms. The lowest BCUT2D eigenvalue weighted by Crippen LogP contribution is -3.09. The first kappa shape index (κ1) is 17.2. The van der Waals surface area contributed by atoms with E-state index in [1.807, 2.05) is 48.5 Å². The van der Waals surface area contributed by atoms with Gasteiger partial charge in [-0.3, -0.25) is 4.79 Å². The molecule has 3 aromatic carbocycles. The van der Waals surface area contributed by atoms with Gasteiger partial charge in [-0.25, -0.2) is 4.98 Å². The summed E-state index contributed by atoms with van der Waals surface area (Å²) < 4.78 is 0. The number of nitrogens with zero attached hydrogens (tertiary/aromatic N) is 1. The minimum absolute atomic E-state index is 0.112. The van der Waals surface area contributed by atoms with Gasteiger partial charge in [0.15, 0.2) is 5.82 Å². The van der Waals surface area contributed by atoms with Crippen LogP contribution in [-0.2, 0) is 13.1 Å². The Balaban J connectivity index is 1.66. The first-order chi connectivity index (χ1) is 13.2. The zero-order valence-corrected chi connectivity index (χ0v) is 15.2. The lowest BCUT2D eigenvalue weighted by atomic mass is 10.0. The van der Waals surface area contributed by atoms with Gasteiger partial charge in [-0.05, 0) is 35.9 Å². The highest BCUT2D eigenvalue weighted by atomic mass is 16.3. The molecule has 1 atom stereocenters. The molecule has 0 radical (unpaired) electrons. The zero-order chi connectivity index (χ0) is 18.8. The number of aromatic amines is 1. The van der Waals surface area contributed by atoms with Crippen LogP contribution in [0.3, 0.4) is 0 Å². The van der Waals surface area contributed by atoms with Crippen molar-refractivity contribution in [2.45, 2.75) is 20.0 Å². The van der Waals surface area contributed by atoms with Gasteiger partial charge in [0.1, 0.15) is 18.8 Å². The maximum Gasteiger partial charge on any atom is 0.258 e. The summed E-state index contributed by atoms with van der Waals surface area (Å²) in [6.45, 7) is 4.18. The van der Waals surface area contributed by atoms with Crippen molar-refractivity contribution in [1.29, 1.82) is 0 Å². The Labute approximate surface area is 156 Å². The van der Waals surface area contributed by atoms with Gasteiger partial charge < -0.3 is 15.0 Å². The van der Waals surface area contributed by atoms with Gasteiger partial charge in [0.25, 0.3) is 5.56 Å². The van der Waals surface area contributed by atoms with E-state index < -0.39 is 0 Å². The molecule has 27 heavy (non-hydrogen) atoms. The summed E-state index contributed by atoms with van der Waals surface area (Å²) in [6, 6.07) is 19.1. The van der Waals surface area contributed by atoms with Crippen LogP contribution in [0.5, 0.6) is 5.75 Å². The number of aromatic hydroxyl groups is 1. The normalized spacial score (nSPS) is 12.5. The van der Waals surface area contributed by atoms with Crippen molar-refractivity contribution >= 4 is 21.7 Å². The van der Waals surface area contributed by atoms with Crippen molar-refractivity contribution in [3.05, 3.63) is 82.4 Å². The fraction of sp³-hybridized carbons (Fsp3) is 0.182. The molecule has 4 aromatic rings. The molecule has 1 unspecified atom stereocenters. The van der Waals surface area contributed by atoms with Gasteiger partial charge in [-0.2, -0.15) is 0 Å². The molecule has 136 valence electrons. The summed E-state index contributed by atoms with van der Waals surface area (Å²) in [5, 5.41) is 13.2. The summed E-state index contributed by atoms with van der Waals surface area (Å²) in [6.07, 6.45) is 0. The fourth-order valence-electron chi connectivity index (χ4n) is 3.53. The highest BCUT2D eigenvalue weighted by Crippen LogP contribution is 2.26. The molecule has 0 spiro atoms. The standard InChI is InChI=1S/C22H21N3O2/c1-2-25(13-18-16-8-4-3-7-15(16)11-12-20(18)26)14-21-23-19-10-6-5-9-17(19)22(27)24-21/h3-12,26H,2,13-14H2,1H3,(H,23,24,27)/p+1. The number of nitrogens with one attached hydrogen (secondary N) is 2. The Morgan fingerprint density at radius 1 is 0.963 bits per heavy atom. The number of phenolic OH excluding ortho intramolecular Hbond substituents is 1. The van der Waals surface area contributed by atoms with E-state index in [2.05, 4.69) is 16.9 Å². The number of rotatable bonds is 5. The van der Waals surface area contributed by atoms with Crippen LogP contribution in [0, 0.1) is 0 Å². The third-order valence-corrected chi connectivity index (χ3v) is 5.02. The van der Waals surface area contributed by atoms with Crippen LogP contribution >= 0.6 is 0 Å². The molecular weight excluding hydrogens is 338 g/mol. The number of quaternary nitrogens is 1. The van der Waals surface area contributed by atoms with E-state index in [9.17, 15) is 9.90 Å². The summed E-state index contributed by atoms with van der Waals surface area (Å²) in [4.78, 5) is 21.0. The fourth-order valence-corrected chi connectivity index (χ4v) is 3.53. The van der Waals surface area contributed by atoms with Crippen LogP contribution in [0.4, 0.5) is 0 Å². The predicted octanol–water partition coefficient (Wildman–Crippen LogP) is 2.39. The number of hydrogen-bond acceptors (Lipinski definition) is 3. The molecule has 1 heterocycles. The van der Waals surface area contributed by atoms with Crippen molar-refractivity contribution in [2.24, 2.45) is 0 Å². The molecule has 0 aliphatic heterocycles. The predicted molar refractivity (Wildman–Crippen MR) is 107 cm³/mol. The average Bonchev–Trinajstić information content (AvgIpc) is 2.69. The number of phenols is 1. The number of benzene rings is 3. The van der Waals surface area contributed by atoms with E-state index in [1.54, 1.807) is 12.1 Å². The zero-order valence-electron chi connectivity index (χ0n) is 15.2. The summed E-state index contributed by atoms with van der Waals surface area (Å²) >= 11 is 0. The SMILES string of the molecule is CC[NH+](Cc1nc2ccccc2c(=O)[nH]1)Cc1c(O)ccc2ccccc12. The second-order valence-corrected chi connectivity index (χ2v) is 6.77. The molecule has 0 saturated heterocycles. The topological polar surface area (TPSA) is 70.4 Å². The Hall–Kier alpha value is -3.18. The molecule has 0 amide bonds. The number of fused-ring (bicyclic) bond motifs is 2. The van der Waals surface area contributed by atoms with Crippen molar-refractivity contribution in [2.75, 3.05) is 6.54 Å². The van der Waals surface area contributed by atoms with Crippen LogP contribution in [0.15, 0.2) is 65.5 Å². The van der Waals surface area contributed by atoms with Gasteiger partial charge in [-0.15, -0.1) is 0 Å². The Bertz CT molecular complexity index is 1170. The van der Waals surface area contributed by atoms with Gasteiger partial charge in [0.2, 0.25) is 0 Å². The Morgan fingerprint density at radius 2 is 1.70 bits per heavy atom. The summed E-state index contributed by atoms with van der Waals surface area (Å²) in [5.74, 6) is 0.967. The third-order valence-electron chi connectivity index (χ3n) is 5.02. The summed E-state index contributed by atoms with van der Waals surface area (Å²) in [5.41, 5.74) is 1.52. The molecular formula is C22H22N3O2+. The van der Waals surface area contributed by atoms with E-state index in [4.69, 9.17) is 0 Å². The van der Waals surface area contributed by atoms with Gasteiger partial charge in [-0.1, -0.05) is 42.5 Å². The first-order valence-corrected chi connectivity index (χ1v) is 9.17. The van der Waals surface area contributed by atoms with Gasteiger partial charge in [0, 0.05) is 0 Å². The maximum atomic E-state index is 12.3. The number of H-pyrrole nitrogens is 1. The van der Waals surface area contributed by atoms with Gasteiger partial charge in [0.05, 0.1) is 23.0 Å². The highest BCUT2D eigenvalue weighted by Gasteiger charge is 2.16. The van der Waals surface area contributed by atoms with E-state index in [1.165, 1.54) is 4.90 Å². The molecule has 3 N–H and O–H groups in total. The van der Waals surface area contributed by atoms with Crippen LogP contribution in [-0.4, -0.2) is 21.6 Å². The second kappa shape index (κ2) is 7.21. The highest BCUT2D eigenvalue weighted by molar-refractivity contribution is 5.87. The maximum absolute atomic E-state index is 12.3. The van der Waals surface area contributed by atoms with E-state index in [-0.39, 0.29) is 5.56 Å².